The standard InChI is InChI=1S/C10H13N3O4/c14-9(15)7-2-4-13(6-7)10(16)11-5-8-1-3-12-17-8/h1,3,7H,2,4-6H2,(H,11,16)(H,14,15). The van der Waals surface area contributed by atoms with Gasteiger partial charge in [0.05, 0.1) is 18.7 Å². The Morgan fingerprint density at radius 3 is 3.06 bits per heavy atom. The van der Waals surface area contributed by atoms with Gasteiger partial charge in [-0.2, -0.15) is 0 Å². The second-order valence-corrected chi connectivity index (χ2v) is 3.91. The third kappa shape index (κ3) is 2.74. The average Bonchev–Trinajstić information content (AvgIpc) is 2.96. The first kappa shape index (κ1) is 11.4. The molecule has 92 valence electrons. The Morgan fingerprint density at radius 1 is 1.65 bits per heavy atom. The number of aliphatic carboxylic acids is 1. The molecule has 1 fully saturated rings. The summed E-state index contributed by atoms with van der Waals surface area (Å²) in [6, 6.07) is 1.38. The minimum absolute atomic E-state index is 0.257. The molecule has 2 rings (SSSR count). The van der Waals surface area contributed by atoms with Crippen LogP contribution < -0.4 is 5.32 Å². The van der Waals surface area contributed by atoms with Gasteiger partial charge in [0.25, 0.3) is 0 Å². The summed E-state index contributed by atoms with van der Waals surface area (Å²) in [5.41, 5.74) is 0. The van der Waals surface area contributed by atoms with Gasteiger partial charge in [-0.05, 0) is 6.42 Å². The van der Waals surface area contributed by atoms with Gasteiger partial charge in [0, 0.05) is 19.2 Å². The molecule has 1 aliphatic heterocycles. The SMILES string of the molecule is O=C(O)C1CCN(C(=O)NCc2ccno2)C1. The summed E-state index contributed by atoms with van der Waals surface area (Å²) in [5.74, 6) is -0.742. The van der Waals surface area contributed by atoms with E-state index in [9.17, 15) is 9.59 Å². The largest absolute Gasteiger partial charge is 0.481 e. The summed E-state index contributed by atoms with van der Waals surface area (Å²) >= 11 is 0. The molecule has 2 N–H and O–H groups in total. The molecule has 0 bridgehead atoms. The third-order valence-electron chi connectivity index (χ3n) is 2.73. The van der Waals surface area contributed by atoms with Crippen LogP contribution in [-0.4, -0.2) is 40.3 Å². The lowest BCUT2D eigenvalue weighted by atomic mass is 10.1. The van der Waals surface area contributed by atoms with Crippen LogP contribution in [0.3, 0.4) is 0 Å². The minimum Gasteiger partial charge on any atom is -0.481 e. The van der Waals surface area contributed by atoms with Crippen LogP contribution in [0, 0.1) is 5.92 Å². The van der Waals surface area contributed by atoms with Crippen LogP contribution in [0.1, 0.15) is 12.2 Å². The van der Waals surface area contributed by atoms with Gasteiger partial charge in [0.15, 0.2) is 5.76 Å². The number of carboxylic acids is 1. The average molecular weight is 239 g/mol. The first-order chi connectivity index (χ1) is 8.16. The lowest BCUT2D eigenvalue weighted by molar-refractivity contribution is -0.141. The molecule has 0 aliphatic carbocycles. The summed E-state index contributed by atoms with van der Waals surface area (Å²) in [6.07, 6.45) is 2.00. The summed E-state index contributed by atoms with van der Waals surface area (Å²) in [5, 5.41) is 15.0. The molecule has 0 aromatic carbocycles. The number of urea groups is 1. The number of carboxylic acid groups (broad SMARTS) is 1. The van der Waals surface area contributed by atoms with E-state index in [0.717, 1.165) is 0 Å². The highest BCUT2D eigenvalue weighted by molar-refractivity contribution is 5.77. The van der Waals surface area contributed by atoms with Crippen molar-refractivity contribution in [2.24, 2.45) is 5.92 Å². The maximum absolute atomic E-state index is 11.7. The van der Waals surface area contributed by atoms with E-state index in [2.05, 4.69) is 10.5 Å². The predicted octanol–water partition coefficient (Wildman–Crippen LogP) is 0.291. The number of nitrogens with zero attached hydrogens (tertiary/aromatic N) is 2. The van der Waals surface area contributed by atoms with Gasteiger partial charge >= 0.3 is 12.0 Å². The van der Waals surface area contributed by atoms with Crippen molar-refractivity contribution in [1.29, 1.82) is 0 Å². The fourth-order valence-electron chi connectivity index (χ4n) is 1.75. The molecular weight excluding hydrogens is 226 g/mol. The molecule has 2 heterocycles. The van der Waals surface area contributed by atoms with Crippen molar-refractivity contribution in [2.75, 3.05) is 13.1 Å². The van der Waals surface area contributed by atoms with Crippen molar-refractivity contribution < 1.29 is 19.2 Å². The highest BCUT2D eigenvalue weighted by Crippen LogP contribution is 2.16. The highest BCUT2D eigenvalue weighted by atomic mass is 16.5. The molecule has 1 aromatic heterocycles. The first-order valence-electron chi connectivity index (χ1n) is 5.32. The second kappa shape index (κ2) is 4.86. The van der Waals surface area contributed by atoms with Gasteiger partial charge in [0.1, 0.15) is 0 Å². The van der Waals surface area contributed by atoms with E-state index in [0.29, 0.717) is 18.7 Å². The second-order valence-electron chi connectivity index (χ2n) is 3.91. The van der Waals surface area contributed by atoms with Gasteiger partial charge in [0.2, 0.25) is 0 Å². The molecule has 0 saturated carbocycles. The smallest absolute Gasteiger partial charge is 0.317 e. The summed E-state index contributed by atoms with van der Waals surface area (Å²) < 4.78 is 4.83. The molecule has 7 nitrogen and oxygen atoms in total. The Balaban J connectivity index is 1.79. The summed E-state index contributed by atoms with van der Waals surface area (Å²) in [7, 11) is 0. The number of hydrogen-bond acceptors (Lipinski definition) is 4. The topological polar surface area (TPSA) is 95.7 Å². The van der Waals surface area contributed by atoms with E-state index in [1.807, 2.05) is 0 Å². The van der Waals surface area contributed by atoms with Gasteiger partial charge in [-0.15, -0.1) is 0 Å². The lowest BCUT2D eigenvalue weighted by Gasteiger charge is -2.15. The van der Waals surface area contributed by atoms with E-state index in [1.54, 1.807) is 6.07 Å². The number of rotatable bonds is 3. The number of carbonyl (C=O) groups excluding carboxylic acids is 1. The molecule has 17 heavy (non-hydrogen) atoms. The normalized spacial score (nSPS) is 19.3. The maximum atomic E-state index is 11.7. The quantitative estimate of drug-likeness (QED) is 0.790. The number of amides is 2. The van der Waals surface area contributed by atoms with Crippen LogP contribution in [0.25, 0.3) is 0 Å². The molecule has 1 aromatic rings. The van der Waals surface area contributed by atoms with E-state index < -0.39 is 11.9 Å². The molecule has 7 heteroatoms. The van der Waals surface area contributed by atoms with Gasteiger partial charge in [-0.3, -0.25) is 4.79 Å². The van der Waals surface area contributed by atoms with Gasteiger partial charge < -0.3 is 19.8 Å². The molecule has 0 spiro atoms. The fraction of sp³-hybridized carbons (Fsp3) is 0.500. The van der Waals surface area contributed by atoms with Crippen LogP contribution >= 0.6 is 0 Å². The molecule has 1 saturated heterocycles. The molecule has 2 amide bonds. The zero-order valence-electron chi connectivity index (χ0n) is 9.13. The minimum atomic E-state index is -0.851. The molecule has 1 aliphatic rings. The van der Waals surface area contributed by atoms with Crippen LogP contribution in [0.4, 0.5) is 4.79 Å². The van der Waals surface area contributed by atoms with E-state index >= 15 is 0 Å². The van der Waals surface area contributed by atoms with E-state index in [1.165, 1.54) is 11.1 Å². The number of carbonyl (C=O) groups is 2. The molecule has 1 unspecified atom stereocenters. The Kier molecular flexibility index (Phi) is 3.27. The van der Waals surface area contributed by atoms with Gasteiger partial charge in [-0.1, -0.05) is 5.16 Å². The Hall–Kier alpha value is -2.05. The number of nitrogens with one attached hydrogen (secondary N) is 1. The fourth-order valence-corrected chi connectivity index (χ4v) is 1.75. The number of likely N-dealkylation sites (tertiary alicyclic amines) is 1. The monoisotopic (exact) mass is 239 g/mol. The van der Waals surface area contributed by atoms with E-state index in [4.69, 9.17) is 9.63 Å². The maximum Gasteiger partial charge on any atom is 0.317 e. The summed E-state index contributed by atoms with van der Waals surface area (Å²) in [6.45, 7) is 0.990. The van der Waals surface area contributed by atoms with Crippen LogP contribution in [0.15, 0.2) is 16.8 Å². The van der Waals surface area contributed by atoms with Crippen molar-refractivity contribution >= 4 is 12.0 Å². The lowest BCUT2D eigenvalue weighted by Crippen LogP contribution is -2.38. The van der Waals surface area contributed by atoms with Crippen LogP contribution in [-0.2, 0) is 11.3 Å². The molecule has 1 atom stereocenters. The first-order valence-corrected chi connectivity index (χ1v) is 5.32. The molecular formula is C10H13N3O4. The zero-order chi connectivity index (χ0) is 12.3. The zero-order valence-corrected chi connectivity index (χ0v) is 9.13. The van der Waals surface area contributed by atoms with Crippen molar-refractivity contribution in [1.82, 2.24) is 15.4 Å². The van der Waals surface area contributed by atoms with Gasteiger partial charge in [-0.25, -0.2) is 4.79 Å². The number of aromatic nitrogens is 1. The van der Waals surface area contributed by atoms with Crippen molar-refractivity contribution in [2.45, 2.75) is 13.0 Å². The van der Waals surface area contributed by atoms with E-state index in [-0.39, 0.29) is 19.1 Å². The van der Waals surface area contributed by atoms with Crippen molar-refractivity contribution in [3.63, 3.8) is 0 Å². The van der Waals surface area contributed by atoms with Crippen molar-refractivity contribution in [3.05, 3.63) is 18.0 Å². The molecule has 0 radical (unpaired) electrons. The van der Waals surface area contributed by atoms with Crippen LogP contribution in [0.5, 0.6) is 0 Å². The Morgan fingerprint density at radius 2 is 2.47 bits per heavy atom. The van der Waals surface area contributed by atoms with Crippen molar-refractivity contribution in [3.8, 4) is 0 Å². The Labute approximate surface area is 97.4 Å². The number of hydrogen-bond donors (Lipinski definition) is 2. The Bertz CT molecular complexity index is 404. The predicted molar refractivity (Wildman–Crippen MR) is 56.1 cm³/mol. The summed E-state index contributed by atoms with van der Waals surface area (Å²) in [4.78, 5) is 23.9. The third-order valence-corrected chi connectivity index (χ3v) is 2.73. The van der Waals surface area contributed by atoms with Crippen LogP contribution in [0.2, 0.25) is 0 Å². The highest BCUT2D eigenvalue weighted by Gasteiger charge is 2.30.